The number of nitrogens with zero attached hydrogens (tertiary/aromatic N) is 2. The normalized spacial score (nSPS) is 22.1. The summed E-state index contributed by atoms with van der Waals surface area (Å²) in [5.41, 5.74) is 0.793. The number of hydrogen-bond donors (Lipinski definition) is 1. The lowest BCUT2D eigenvalue weighted by atomic mass is 9.95. The third kappa shape index (κ3) is 4.82. The number of piperidine rings is 1. The predicted molar refractivity (Wildman–Crippen MR) is 96.1 cm³/mol. The Morgan fingerprint density at radius 2 is 2.04 bits per heavy atom. The van der Waals surface area contributed by atoms with E-state index in [4.69, 9.17) is 11.6 Å². The number of piperazine rings is 1. The maximum absolute atomic E-state index is 13.4. The average molecular weight is 376 g/mol. The molecule has 0 aliphatic carbocycles. The third-order valence-electron chi connectivity index (χ3n) is 4.69. The summed E-state index contributed by atoms with van der Waals surface area (Å²) in [6.07, 6.45) is 1.94. The minimum atomic E-state index is -0.269. The van der Waals surface area contributed by atoms with Crippen molar-refractivity contribution in [2.45, 2.75) is 19.4 Å². The highest BCUT2D eigenvalue weighted by molar-refractivity contribution is 6.31. The minimum absolute atomic E-state index is 0. The lowest BCUT2D eigenvalue weighted by Gasteiger charge is -2.36. The van der Waals surface area contributed by atoms with Crippen molar-refractivity contribution in [3.05, 3.63) is 34.6 Å². The summed E-state index contributed by atoms with van der Waals surface area (Å²) in [5, 5.41) is 3.86. The minimum Gasteiger partial charge on any atom is -0.340 e. The number of carbonyl (C=O) groups excluding carboxylic acids is 1. The molecule has 2 heterocycles. The maximum Gasteiger partial charge on any atom is 0.227 e. The molecule has 2 aliphatic rings. The van der Waals surface area contributed by atoms with Crippen LogP contribution in [-0.4, -0.2) is 55.0 Å². The van der Waals surface area contributed by atoms with Crippen LogP contribution in [0.15, 0.2) is 18.2 Å². The Morgan fingerprint density at radius 3 is 2.79 bits per heavy atom. The van der Waals surface area contributed by atoms with Gasteiger partial charge in [-0.05, 0) is 43.1 Å². The average Bonchev–Trinajstić information content (AvgIpc) is 2.58. The second kappa shape index (κ2) is 8.99. The van der Waals surface area contributed by atoms with Crippen LogP contribution in [0.25, 0.3) is 0 Å². The van der Waals surface area contributed by atoms with Crippen LogP contribution >= 0.6 is 24.0 Å². The number of amides is 1. The lowest BCUT2D eigenvalue weighted by Crippen LogP contribution is -2.51. The van der Waals surface area contributed by atoms with E-state index in [1.165, 1.54) is 12.1 Å². The molecule has 0 bridgehead atoms. The summed E-state index contributed by atoms with van der Waals surface area (Å²) >= 11 is 6.16. The first-order valence-electron chi connectivity index (χ1n) is 8.29. The Balaban J connectivity index is 0.00000208. The first kappa shape index (κ1) is 19.4. The zero-order valence-corrected chi connectivity index (χ0v) is 15.2. The van der Waals surface area contributed by atoms with E-state index in [0.29, 0.717) is 11.6 Å². The number of hydrogen-bond acceptors (Lipinski definition) is 3. The molecule has 0 radical (unpaired) electrons. The van der Waals surface area contributed by atoms with Gasteiger partial charge in [-0.3, -0.25) is 9.69 Å². The van der Waals surface area contributed by atoms with Gasteiger partial charge in [-0.2, -0.15) is 0 Å². The Labute approximate surface area is 153 Å². The molecule has 0 aromatic heterocycles. The number of halogens is 3. The molecule has 3 rings (SSSR count). The molecule has 2 fully saturated rings. The topological polar surface area (TPSA) is 35.6 Å². The van der Waals surface area contributed by atoms with Crippen LogP contribution in [0.3, 0.4) is 0 Å². The third-order valence-corrected chi connectivity index (χ3v) is 5.05. The fourth-order valence-corrected chi connectivity index (χ4v) is 3.63. The van der Waals surface area contributed by atoms with E-state index in [1.54, 1.807) is 6.07 Å². The van der Waals surface area contributed by atoms with E-state index in [1.807, 2.05) is 4.90 Å². The molecule has 4 nitrogen and oxygen atoms in total. The van der Waals surface area contributed by atoms with Crippen molar-refractivity contribution in [2.75, 3.05) is 39.3 Å². The zero-order valence-electron chi connectivity index (χ0n) is 13.6. The Bertz CT molecular complexity index is 567. The standard InChI is InChI=1S/C17H23ClFN3O.ClH/c18-16-4-3-15(19)10-14(16)12-21-7-1-2-13(11-21)17(23)22-8-5-20-6-9-22;/h3-4,10,13,20H,1-2,5-9,11-12H2;1H. The highest BCUT2D eigenvalue weighted by atomic mass is 35.5. The molecule has 7 heteroatoms. The van der Waals surface area contributed by atoms with E-state index < -0.39 is 0 Å². The van der Waals surface area contributed by atoms with Crippen molar-refractivity contribution in [3.8, 4) is 0 Å². The monoisotopic (exact) mass is 375 g/mol. The van der Waals surface area contributed by atoms with Crippen LogP contribution in [0.4, 0.5) is 4.39 Å². The van der Waals surface area contributed by atoms with Crippen molar-refractivity contribution >= 4 is 29.9 Å². The van der Waals surface area contributed by atoms with Crippen molar-refractivity contribution in [2.24, 2.45) is 5.92 Å². The van der Waals surface area contributed by atoms with Gasteiger partial charge < -0.3 is 10.2 Å². The Kier molecular flexibility index (Phi) is 7.29. The van der Waals surface area contributed by atoms with Gasteiger partial charge in [0.15, 0.2) is 0 Å². The summed E-state index contributed by atoms with van der Waals surface area (Å²) in [6.45, 7) is 5.61. The van der Waals surface area contributed by atoms with Crippen molar-refractivity contribution < 1.29 is 9.18 Å². The summed E-state index contributed by atoms with van der Waals surface area (Å²) in [4.78, 5) is 16.8. The van der Waals surface area contributed by atoms with E-state index in [2.05, 4.69) is 10.2 Å². The van der Waals surface area contributed by atoms with Gasteiger partial charge in [-0.1, -0.05) is 11.6 Å². The first-order chi connectivity index (χ1) is 11.1. The van der Waals surface area contributed by atoms with Crippen LogP contribution < -0.4 is 5.32 Å². The molecule has 1 N–H and O–H groups in total. The van der Waals surface area contributed by atoms with Crippen LogP contribution in [0.2, 0.25) is 5.02 Å². The molecule has 2 saturated heterocycles. The molecule has 1 aromatic rings. The molecule has 1 atom stereocenters. The van der Waals surface area contributed by atoms with Crippen LogP contribution in [0.1, 0.15) is 18.4 Å². The van der Waals surface area contributed by atoms with Gasteiger partial charge in [0.2, 0.25) is 5.91 Å². The molecule has 24 heavy (non-hydrogen) atoms. The Hall–Kier alpha value is -0.880. The predicted octanol–water partition coefficient (Wildman–Crippen LogP) is 2.54. The van der Waals surface area contributed by atoms with E-state index in [-0.39, 0.29) is 30.0 Å². The van der Waals surface area contributed by atoms with Crippen LogP contribution in [0.5, 0.6) is 0 Å². The quantitative estimate of drug-likeness (QED) is 0.881. The maximum atomic E-state index is 13.4. The van der Waals surface area contributed by atoms with Gasteiger partial charge in [0, 0.05) is 44.3 Å². The van der Waals surface area contributed by atoms with Crippen molar-refractivity contribution in [3.63, 3.8) is 0 Å². The first-order valence-corrected chi connectivity index (χ1v) is 8.67. The molecule has 1 aromatic carbocycles. The van der Waals surface area contributed by atoms with Gasteiger partial charge in [0.1, 0.15) is 5.82 Å². The molecule has 2 aliphatic heterocycles. The fourth-order valence-electron chi connectivity index (χ4n) is 3.45. The van der Waals surface area contributed by atoms with Crippen molar-refractivity contribution in [1.29, 1.82) is 0 Å². The fraction of sp³-hybridized carbons (Fsp3) is 0.588. The smallest absolute Gasteiger partial charge is 0.227 e. The molecular weight excluding hydrogens is 352 g/mol. The molecule has 1 unspecified atom stereocenters. The van der Waals surface area contributed by atoms with E-state index >= 15 is 0 Å². The van der Waals surface area contributed by atoms with Crippen LogP contribution in [0, 0.1) is 11.7 Å². The molecule has 134 valence electrons. The SMILES string of the molecule is Cl.O=C(C1CCCN(Cc2cc(F)ccc2Cl)C1)N1CCNCC1. The number of benzene rings is 1. The molecule has 0 saturated carbocycles. The summed E-state index contributed by atoms with van der Waals surface area (Å²) in [6, 6.07) is 4.46. The van der Waals surface area contributed by atoms with Gasteiger partial charge in [0.25, 0.3) is 0 Å². The second-order valence-corrected chi connectivity index (χ2v) is 6.79. The number of carbonyl (C=O) groups is 1. The molecule has 0 spiro atoms. The largest absolute Gasteiger partial charge is 0.340 e. The molecular formula is C17H24Cl2FN3O. The number of rotatable bonds is 3. The van der Waals surface area contributed by atoms with Crippen molar-refractivity contribution in [1.82, 2.24) is 15.1 Å². The number of nitrogens with one attached hydrogen (secondary N) is 1. The second-order valence-electron chi connectivity index (χ2n) is 6.39. The van der Waals surface area contributed by atoms with Gasteiger partial charge >= 0.3 is 0 Å². The number of likely N-dealkylation sites (tertiary alicyclic amines) is 1. The molecule has 1 amide bonds. The zero-order chi connectivity index (χ0) is 16.2. The highest BCUT2D eigenvalue weighted by Gasteiger charge is 2.30. The van der Waals surface area contributed by atoms with E-state index in [0.717, 1.165) is 57.7 Å². The van der Waals surface area contributed by atoms with E-state index in [9.17, 15) is 9.18 Å². The summed E-state index contributed by atoms with van der Waals surface area (Å²) in [5.74, 6) is 0.0468. The Morgan fingerprint density at radius 1 is 1.29 bits per heavy atom. The van der Waals surface area contributed by atoms with Crippen LogP contribution in [-0.2, 0) is 11.3 Å². The van der Waals surface area contributed by atoms with Gasteiger partial charge in [0.05, 0.1) is 5.92 Å². The summed E-state index contributed by atoms with van der Waals surface area (Å²) in [7, 11) is 0. The summed E-state index contributed by atoms with van der Waals surface area (Å²) < 4.78 is 13.4. The highest BCUT2D eigenvalue weighted by Crippen LogP contribution is 2.24. The lowest BCUT2D eigenvalue weighted by molar-refractivity contribution is -0.138. The van der Waals surface area contributed by atoms with Gasteiger partial charge in [-0.15, -0.1) is 12.4 Å². The van der Waals surface area contributed by atoms with Gasteiger partial charge in [-0.25, -0.2) is 4.39 Å².